The summed E-state index contributed by atoms with van der Waals surface area (Å²) in [5, 5.41) is 10.5. The van der Waals surface area contributed by atoms with E-state index in [0.29, 0.717) is 22.9 Å². The summed E-state index contributed by atoms with van der Waals surface area (Å²) in [5.41, 5.74) is 2.75. The Hall–Kier alpha value is -3.19. The van der Waals surface area contributed by atoms with Crippen molar-refractivity contribution in [2.24, 2.45) is 0 Å². The number of anilines is 2. The molecule has 4 rings (SSSR count). The Morgan fingerprint density at radius 3 is 2.66 bits per heavy atom. The normalized spacial score (nSPS) is 15.1. The maximum absolute atomic E-state index is 13.3. The van der Waals surface area contributed by atoms with Gasteiger partial charge in [-0.05, 0) is 36.2 Å². The SMILES string of the molecule is CCc1nn2c(c1-c1ccc(F)cc1)NC(=O)C2CC(=O)Nc1ccccc1Cl. The van der Waals surface area contributed by atoms with Crippen LogP contribution in [0.15, 0.2) is 48.5 Å². The molecule has 8 heteroatoms. The smallest absolute Gasteiger partial charge is 0.251 e. The monoisotopic (exact) mass is 412 g/mol. The van der Waals surface area contributed by atoms with Crippen LogP contribution in [0.3, 0.4) is 0 Å². The Balaban J connectivity index is 1.62. The van der Waals surface area contributed by atoms with Crippen molar-refractivity contribution in [1.29, 1.82) is 0 Å². The lowest BCUT2D eigenvalue weighted by atomic mass is 10.0. The first-order valence-corrected chi connectivity index (χ1v) is 9.58. The minimum absolute atomic E-state index is 0.0856. The number of carbonyl (C=O) groups excluding carboxylic acids is 2. The van der Waals surface area contributed by atoms with Gasteiger partial charge in [0, 0.05) is 5.56 Å². The zero-order valence-corrected chi connectivity index (χ0v) is 16.3. The molecule has 0 spiro atoms. The lowest BCUT2D eigenvalue weighted by Gasteiger charge is -2.11. The molecular formula is C21H18ClFN4O2. The number of fused-ring (bicyclic) bond motifs is 1. The van der Waals surface area contributed by atoms with Crippen LogP contribution < -0.4 is 10.6 Å². The number of hydrogen-bond donors (Lipinski definition) is 2. The largest absolute Gasteiger partial charge is 0.325 e. The summed E-state index contributed by atoms with van der Waals surface area (Å²) in [6.45, 7) is 1.95. The third-order valence-corrected chi connectivity index (χ3v) is 5.15. The van der Waals surface area contributed by atoms with E-state index < -0.39 is 6.04 Å². The van der Waals surface area contributed by atoms with Gasteiger partial charge in [-0.1, -0.05) is 42.8 Å². The van der Waals surface area contributed by atoms with Gasteiger partial charge < -0.3 is 10.6 Å². The topological polar surface area (TPSA) is 76.0 Å². The fraction of sp³-hybridized carbons (Fsp3) is 0.190. The summed E-state index contributed by atoms with van der Waals surface area (Å²) in [6, 6.07) is 12.1. The van der Waals surface area contributed by atoms with Gasteiger partial charge in [0.25, 0.3) is 5.91 Å². The van der Waals surface area contributed by atoms with Crippen molar-refractivity contribution >= 4 is 34.9 Å². The fourth-order valence-electron chi connectivity index (χ4n) is 3.42. The molecule has 2 amide bonds. The van der Waals surface area contributed by atoms with Crippen LogP contribution in [0.4, 0.5) is 15.9 Å². The third-order valence-electron chi connectivity index (χ3n) is 4.82. The summed E-state index contributed by atoms with van der Waals surface area (Å²) in [6.07, 6.45) is 0.541. The Morgan fingerprint density at radius 2 is 1.97 bits per heavy atom. The zero-order chi connectivity index (χ0) is 20.5. The molecule has 0 bridgehead atoms. The van der Waals surface area contributed by atoms with Crippen LogP contribution in [-0.2, 0) is 16.0 Å². The van der Waals surface area contributed by atoms with Crippen molar-refractivity contribution in [2.75, 3.05) is 10.6 Å². The molecule has 2 heterocycles. The Bertz CT molecular complexity index is 1090. The molecule has 29 heavy (non-hydrogen) atoms. The summed E-state index contributed by atoms with van der Waals surface area (Å²) in [7, 11) is 0. The molecule has 0 radical (unpaired) electrons. The van der Waals surface area contributed by atoms with E-state index in [2.05, 4.69) is 15.7 Å². The van der Waals surface area contributed by atoms with Gasteiger partial charge in [0.2, 0.25) is 5.91 Å². The Labute approximate surface area is 171 Å². The second-order valence-corrected chi connectivity index (χ2v) is 7.12. The highest BCUT2D eigenvalue weighted by Crippen LogP contribution is 2.39. The van der Waals surface area contributed by atoms with Crippen molar-refractivity contribution in [1.82, 2.24) is 9.78 Å². The number of nitrogens with one attached hydrogen (secondary N) is 2. The van der Waals surface area contributed by atoms with Crippen LogP contribution in [0, 0.1) is 5.82 Å². The molecule has 0 saturated heterocycles. The van der Waals surface area contributed by atoms with E-state index in [1.54, 1.807) is 41.1 Å². The molecule has 1 aliphatic rings. The van der Waals surface area contributed by atoms with Gasteiger partial charge in [-0.25, -0.2) is 9.07 Å². The average Bonchev–Trinajstić information content (AvgIpc) is 3.20. The number of benzene rings is 2. The first kappa shape index (κ1) is 19.1. The summed E-state index contributed by atoms with van der Waals surface area (Å²) in [4.78, 5) is 25.1. The van der Waals surface area contributed by atoms with E-state index in [-0.39, 0.29) is 24.1 Å². The number of rotatable bonds is 5. The zero-order valence-electron chi connectivity index (χ0n) is 15.6. The molecule has 3 aromatic rings. The number of aryl methyl sites for hydroxylation is 1. The lowest BCUT2D eigenvalue weighted by Crippen LogP contribution is -2.24. The van der Waals surface area contributed by atoms with Gasteiger partial charge in [-0.2, -0.15) is 5.10 Å². The van der Waals surface area contributed by atoms with Gasteiger partial charge in [0.05, 0.1) is 22.8 Å². The molecular weight excluding hydrogens is 395 g/mol. The highest BCUT2D eigenvalue weighted by Gasteiger charge is 2.36. The molecule has 6 nitrogen and oxygen atoms in total. The van der Waals surface area contributed by atoms with E-state index >= 15 is 0 Å². The second-order valence-electron chi connectivity index (χ2n) is 6.71. The highest BCUT2D eigenvalue weighted by molar-refractivity contribution is 6.33. The molecule has 2 aromatic carbocycles. The predicted octanol–water partition coefficient (Wildman–Crippen LogP) is 4.43. The van der Waals surface area contributed by atoms with Crippen molar-refractivity contribution < 1.29 is 14.0 Å². The molecule has 1 aromatic heterocycles. The quantitative estimate of drug-likeness (QED) is 0.651. The number of aromatic nitrogens is 2. The van der Waals surface area contributed by atoms with Gasteiger partial charge in [0.15, 0.2) is 0 Å². The van der Waals surface area contributed by atoms with Crippen LogP contribution >= 0.6 is 11.6 Å². The number of carbonyl (C=O) groups is 2. The fourth-order valence-corrected chi connectivity index (χ4v) is 3.61. The van der Waals surface area contributed by atoms with Gasteiger partial charge in [0.1, 0.15) is 17.7 Å². The number of para-hydroxylation sites is 1. The number of halogens is 2. The van der Waals surface area contributed by atoms with E-state index in [9.17, 15) is 14.0 Å². The number of amides is 2. The van der Waals surface area contributed by atoms with Crippen LogP contribution in [0.5, 0.6) is 0 Å². The van der Waals surface area contributed by atoms with E-state index in [4.69, 9.17) is 11.6 Å². The maximum Gasteiger partial charge on any atom is 0.251 e. The predicted molar refractivity (Wildman–Crippen MR) is 109 cm³/mol. The van der Waals surface area contributed by atoms with Gasteiger partial charge in [-0.3, -0.25) is 9.59 Å². The standard InChI is InChI=1S/C21H18ClFN4O2/c1-2-15-19(12-7-9-13(23)10-8-12)20-25-21(29)17(27(20)26-15)11-18(28)24-16-6-4-3-5-14(16)22/h3-10,17H,2,11H2,1H3,(H,24,28)(H,25,29). The van der Waals surface area contributed by atoms with Crippen LogP contribution in [-0.4, -0.2) is 21.6 Å². The van der Waals surface area contributed by atoms with E-state index in [1.165, 1.54) is 12.1 Å². The van der Waals surface area contributed by atoms with Gasteiger partial charge in [-0.15, -0.1) is 0 Å². The van der Waals surface area contributed by atoms with Crippen molar-refractivity contribution in [3.05, 3.63) is 65.1 Å². The van der Waals surface area contributed by atoms with Crippen LogP contribution in [0.25, 0.3) is 11.1 Å². The van der Waals surface area contributed by atoms with Crippen LogP contribution in [0.2, 0.25) is 5.02 Å². The molecule has 148 valence electrons. The summed E-state index contributed by atoms with van der Waals surface area (Å²) >= 11 is 6.08. The van der Waals surface area contributed by atoms with Crippen molar-refractivity contribution in [2.45, 2.75) is 25.8 Å². The minimum atomic E-state index is -0.771. The molecule has 2 N–H and O–H groups in total. The Morgan fingerprint density at radius 1 is 1.24 bits per heavy atom. The lowest BCUT2D eigenvalue weighted by molar-refractivity contribution is -0.123. The summed E-state index contributed by atoms with van der Waals surface area (Å²) in [5.74, 6) is -0.474. The Kier molecular flexibility index (Phi) is 5.07. The van der Waals surface area contributed by atoms with Crippen molar-refractivity contribution in [3.63, 3.8) is 0 Å². The molecule has 0 fully saturated rings. The van der Waals surface area contributed by atoms with Crippen molar-refractivity contribution in [3.8, 4) is 11.1 Å². The first-order chi connectivity index (χ1) is 14.0. The molecule has 1 unspecified atom stereocenters. The molecule has 1 atom stereocenters. The maximum atomic E-state index is 13.3. The van der Waals surface area contributed by atoms with E-state index in [0.717, 1.165) is 16.8 Å². The summed E-state index contributed by atoms with van der Waals surface area (Å²) < 4.78 is 14.9. The molecule has 0 aliphatic carbocycles. The van der Waals surface area contributed by atoms with E-state index in [1.807, 2.05) is 6.92 Å². The van der Waals surface area contributed by atoms with Crippen LogP contribution in [0.1, 0.15) is 25.1 Å². The molecule has 0 saturated carbocycles. The second kappa shape index (κ2) is 7.67. The average molecular weight is 413 g/mol. The number of nitrogens with zero attached hydrogens (tertiary/aromatic N) is 2. The third kappa shape index (κ3) is 3.61. The van der Waals surface area contributed by atoms with Gasteiger partial charge >= 0.3 is 0 Å². The highest BCUT2D eigenvalue weighted by atomic mass is 35.5. The molecule has 1 aliphatic heterocycles. The minimum Gasteiger partial charge on any atom is -0.325 e. The number of hydrogen-bond acceptors (Lipinski definition) is 3. The first-order valence-electron chi connectivity index (χ1n) is 9.20.